The Morgan fingerprint density at radius 3 is 2.39 bits per heavy atom. The predicted octanol–water partition coefficient (Wildman–Crippen LogP) is 2.50. The fourth-order valence-corrected chi connectivity index (χ4v) is 2.43. The number of rotatable bonds is 2. The van der Waals surface area contributed by atoms with Crippen molar-refractivity contribution in [2.24, 2.45) is 5.92 Å². The molecule has 1 N–H and O–H groups in total. The first kappa shape index (κ1) is 13.1. The largest absolute Gasteiger partial charge is 0.481 e. The maximum Gasteiger partial charge on any atom is 0.308 e. The van der Waals surface area contributed by atoms with Gasteiger partial charge < -0.3 is 10.0 Å². The first-order chi connectivity index (χ1) is 8.40. The molecule has 1 aliphatic heterocycles. The number of carbonyl (C=O) groups excluding carboxylic acids is 1. The highest BCUT2D eigenvalue weighted by atomic mass is 79.9. The summed E-state index contributed by atoms with van der Waals surface area (Å²) >= 11 is 3.47. The number of nitrogens with zero attached hydrogens (tertiary/aromatic N) is 1. The summed E-state index contributed by atoms with van der Waals surface area (Å²) in [5, 5.41) is 8.96. The lowest BCUT2D eigenvalue weighted by atomic mass is 10.1. The number of amides is 1. The Morgan fingerprint density at radius 1 is 1.39 bits per heavy atom. The fourth-order valence-electron chi connectivity index (χ4n) is 2.20. The van der Waals surface area contributed by atoms with Crippen molar-refractivity contribution in [3.05, 3.63) is 27.7 Å². The van der Waals surface area contributed by atoms with Gasteiger partial charge in [0.2, 0.25) is 5.91 Å². The number of anilines is 1. The molecule has 0 aliphatic carbocycles. The van der Waals surface area contributed by atoms with E-state index in [-0.39, 0.29) is 18.9 Å². The van der Waals surface area contributed by atoms with Gasteiger partial charge in [-0.3, -0.25) is 9.59 Å². The summed E-state index contributed by atoms with van der Waals surface area (Å²) in [5.74, 6) is -1.62. The molecule has 1 aromatic rings. The number of carboxylic acids is 1. The number of aryl methyl sites for hydroxylation is 2. The molecule has 0 bridgehead atoms. The molecule has 1 amide bonds. The maximum absolute atomic E-state index is 11.8. The van der Waals surface area contributed by atoms with Gasteiger partial charge in [-0.05, 0) is 37.1 Å². The molecule has 0 saturated carbocycles. The highest BCUT2D eigenvalue weighted by Crippen LogP contribution is 2.31. The van der Waals surface area contributed by atoms with Gasteiger partial charge in [-0.25, -0.2) is 0 Å². The van der Waals surface area contributed by atoms with Crippen molar-refractivity contribution < 1.29 is 14.7 Å². The van der Waals surface area contributed by atoms with Crippen LogP contribution in [0.3, 0.4) is 0 Å². The van der Waals surface area contributed by atoms with Crippen molar-refractivity contribution >= 4 is 33.5 Å². The Hall–Kier alpha value is -1.36. The van der Waals surface area contributed by atoms with E-state index in [1.54, 1.807) is 4.90 Å². The normalized spacial score (nSPS) is 19.4. The molecule has 1 saturated heterocycles. The van der Waals surface area contributed by atoms with Gasteiger partial charge in [0.05, 0.1) is 5.92 Å². The van der Waals surface area contributed by atoms with E-state index in [1.165, 1.54) is 0 Å². The summed E-state index contributed by atoms with van der Waals surface area (Å²) in [4.78, 5) is 24.3. The van der Waals surface area contributed by atoms with Crippen molar-refractivity contribution in [1.29, 1.82) is 0 Å². The molecule has 1 heterocycles. The molecule has 5 heteroatoms. The molecule has 1 atom stereocenters. The first-order valence-corrected chi connectivity index (χ1v) is 6.49. The summed E-state index contributed by atoms with van der Waals surface area (Å²) in [5.41, 5.74) is 2.86. The monoisotopic (exact) mass is 311 g/mol. The van der Waals surface area contributed by atoms with E-state index in [4.69, 9.17) is 5.11 Å². The van der Waals surface area contributed by atoms with E-state index in [1.807, 2.05) is 26.0 Å². The van der Waals surface area contributed by atoms with Gasteiger partial charge >= 0.3 is 5.97 Å². The average molecular weight is 312 g/mol. The number of benzene rings is 1. The number of carboxylic acid groups (broad SMARTS) is 1. The van der Waals surface area contributed by atoms with Gasteiger partial charge in [0.25, 0.3) is 0 Å². The van der Waals surface area contributed by atoms with E-state index < -0.39 is 11.9 Å². The molecular weight excluding hydrogens is 298 g/mol. The molecule has 1 aliphatic rings. The van der Waals surface area contributed by atoms with Crippen LogP contribution in [0.4, 0.5) is 5.69 Å². The van der Waals surface area contributed by atoms with Crippen LogP contribution in [0.1, 0.15) is 17.5 Å². The Kier molecular flexibility index (Phi) is 3.43. The molecule has 0 aromatic heterocycles. The van der Waals surface area contributed by atoms with E-state index in [0.29, 0.717) is 0 Å². The molecule has 0 spiro atoms. The SMILES string of the molecule is Cc1cc(N2CC(C(=O)O)CC2=O)cc(C)c1Br. The number of carbonyl (C=O) groups is 2. The van der Waals surface area contributed by atoms with Gasteiger partial charge in [0.15, 0.2) is 0 Å². The van der Waals surface area contributed by atoms with Gasteiger partial charge in [0, 0.05) is 23.1 Å². The van der Waals surface area contributed by atoms with Crippen LogP contribution in [0.5, 0.6) is 0 Å². The lowest BCUT2D eigenvalue weighted by Crippen LogP contribution is -2.25. The second kappa shape index (κ2) is 4.72. The lowest BCUT2D eigenvalue weighted by molar-refractivity contribution is -0.141. The minimum atomic E-state index is -0.906. The van der Waals surface area contributed by atoms with Crippen LogP contribution in [0.15, 0.2) is 16.6 Å². The molecule has 1 fully saturated rings. The standard InChI is InChI=1S/C13H14BrNO3/c1-7-3-10(4-8(2)12(7)14)15-6-9(13(17)18)5-11(15)16/h3-4,9H,5-6H2,1-2H3,(H,17,18). The Labute approximate surface area is 114 Å². The summed E-state index contributed by atoms with van der Waals surface area (Å²) < 4.78 is 1.02. The van der Waals surface area contributed by atoms with E-state index >= 15 is 0 Å². The highest BCUT2D eigenvalue weighted by Gasteiger charge is 2.35. The molecule has 0 radical (unpaired) electrons. The quantitative estimate of drug-likeness (QED) is 0.913. The van der Waals surface area contributed by atoms with Crippen molar-refractivity contribution in [2.75, 3.05) is 11.4 Å². The first-order valence-electron chi connectivity index (χ1n) is 5.70. The van der Waals surface area contributed by atoms with Crippen LogP contribution in [0.25, 0.3) is 0 Å². The summed E-state index contributed by atoms with van der Waals surface area (Å²) in [6.07, 6.45) is 0.0868. The smallest absolute Gasteiger partial charge is 0.308 e. The second-order valence-corrected chi connectivity index (χ2v) is 5.43. The summed E-state index contributed by atoms with van der Waals surface area (Å²) in [7, 11) is 0. The predicted molar refractivity (Wildman–Crippen MR) is 71.7 cm³/mol. The van der Waals surface area contributed by atoms with Gasteiger partial charge in [0.1, 0.15) is 0 Å². The van der Waals surface area contributed by atoms with E-state index in [2.05, 4.69) is 15.9 Å². The molecule has 96 valence electrons. The third kappa shape index (κ3) is 2.27. The maximum atomic E-state index is 11.8. The highest BCUT2D eigenvalue weighted by molar-refractivity contribution is 9.10. The van der Waals surface area contributed by atoms with Crippen molar-refractivity contribution in [1.82, 2.24) is 0 Å². The third-order valence-corrected chi connectivity index (χ3v) is 4.46. The summed E-state index contributed by atoms with van der Waals surface area (Å²) in [6.45, 7) is 4.17. The average Bonchev–Trinajstić information content (AvgIpc) is 2.68. The molecule has 2 rings (SSSR count). The zero-order valence-electron chi connectivity index (χ0n) is 10.2. The molecule has 1 aromatic carbocycles. The minimum absolute atomic E-state index is 0.0868. The lowest BCUT2D eigenvalue weighted by Gasteiger charge is -2.18. The van der Waals surface area contributed by atoms with Gasteiger partial charge in [-0.15, -0.1) is 0 Å². The van der Waals surface area contributed by atoms with Crippen LogP contribution in [0, 0.1) is 19.8 Å². The Bertz CT molecular complexity index is 504. The van der Waals surface area contributed by atoms with Crippen LogP contribution < -0.4 is 4.90 Å². The molecule has 1 unspecified atom stereocenters. The summed E-state index contributed by atoms with van der Waals surface area (Å²) in [6, 6.07) is 3.80. The van der Waals surface area contributed by atoms with Crippen LogP contribution >= 0.6 is 15.9 Å². The van der Waals surface area contributed by atoms with Crippen LogP contribution in [-0.2, 0) is 9.59 Å². The minimum Gasteiger partial charge on any atom is -0.481 e. The zero-order chi connectivity index (χ0) is 13.4. The van der Waals surface area contributed by atoms with Crippen molar-refractivity contribution in [3.8, 4) is 0 Å². The van der Waals surface area contributed by atoms with Crippen LogP contribution in [-0.4, -0.2) is 23.5 Å². The third-order valence-electron chi connectivity index (χ3n) is 3.21. The molecule has 4 nitrogen and oxygen atoms in total. The number of aliphatic carboxylic acids is 1. The van der Waals surface area contributed by atoms with Crippen molar-refractivity contribution in [2.45, 2.75) is 20.3 Å². The number of halogens is 1. The van der Waals surface area contributed by atoms with Crippen molar-refractivity contribution in [3.63, 3.8) is 0 Å². The van der Waals surface area contributed by atoms with E-state index in [0.717, 1.165) is 21.3 Å². The Balaban J connectivity index is 2.33. The van der Waals surface area contributed by atoms with Crippen LogP contribution in [0.2, 0.25) is 0 Å². The fraction of sp³-hybridized carbons (Fsp3) is 0.385. The topological polar surface area (TPSA) is 57.6 Å². The zero-order valence-corrected chi connectivity index (χ0v) is 11.8. The van der Waals surface area contributed by atoms with E-state index in [9.17, 15) is 9.59 Å². The van der Waals surface area contributed by atoms with Gasteiger partial charge in [-0.2, -0.15) is 0 Å². The van der Waals surface area contributed by atoms with Gasteiger partial charge in [-0.1, -0.05) is 15.9 Å². The second-order valence-electron chi connectivity index (χ2n) is 4.64. The molecular formula is C13H14BrNO3. The number of hydrogen-bond donors (Lipinski definition) is 1. The Morgan fingerprint density at radius 2 is 1.94 bits per heavy atom. The molecule has 18 heavy (non-hydrogen) atoms. The number of hydrogen-bond acceptors (Lipinski definition) is 2.